The highest BCUT2D eigenvalue weighted by molar-refractivity contribution is 5.97. The summed E-state index contributed by atoms with van der Waals surface area (Å²) in [5.41, 5.74) is 0.235. The van der Waals surface area contributed by atoms with E-state index in [-0.39, 0.29) is 29.4 Å². The number of aromatic hydroxyl groups is 1. The number of benzene rings is 1. The maximum absolute atomic E-state index is 12.1. The minimum atomic E-state index is -0.282. The number of rotatable bonds is 3. The van der Waals surface area contributed by atoms with Crippen molar-refractivity contribution in [2.45, 2.75) is 31.9 Å². The molecule has 104 valence electrons. The van der Waals surface area contributed by atoms with Crippen molar-refractivity contribution in [3.8, 4) is 11.5 Å². The molecular formula is C14H19NO4. The lowest BCUT2D eigenvalue weighted by Gasteiger charge is -2.28. The number of phenols is 1. The second-order valence-corrected chi connectivity index (χ2v) is 4.73. The van der Waals surface area contributed by atoms with E-state index in [0.717, 1.165) is 12.8 Å². The van der Waals surface area contributed by atoms with E-state index in [4.69, 9.17) is 9.47 Å². The first-order chi connectivity index (χ1) is 9.11. The van der Waals surface area contributed by atoms with E-state index in [1.165, 1.54) is 7.11 Å². The third-order valence-corrected chi connectivity index (χ3v) is 3.28. The second kappa shape index (κ2) is 5.93. The number of para-hydroxylation sites is 1. The maximum Gasteiger partial charge on any atom is 0.255 e. The lowest BCUT2D eigenvalue weighted by molar-refractivity contribution is 0.0136. The second-order valence-electron chi connectivity index (χ2n) is 4.73. The average Bonchev–Trinajstić information content (AvgIpc) is 2.39. The Bertz CT molecular complexity index is 461. The van der Waals surface area contributed by atoms with Crippen LogP contribution in [0.15, 0.2) is 18.2 Å². The van der Waals surface area contributed by atoms with Gasteiger partial charge in [0.15, 0.2) is 11.5 Å². The van der Waals surface area contributed by atoms with Gasteiger partial charge in [0.2, 0.25) is 0 Å². The molecule has 2 N–H and O–H groups in total. The predicted octanol–water partition coefficient (Wildman–Crippen LogP) is 1.70. The molecule has 0 saturated carbocycles. The summed E-state index contributed by atoms with van der Waals surface area (Å²) in [6.07, 6.45) is 1.73. The summed E-state index contributed by atoms with van der Waals surface area (Å²) in [7, 11) is 1.46. The van der Waals surface area contributed by atoms with Crippen LogP contribution in [0.5, 0.6) is 11.5 Å². The van der Waals surface area contributed by atoms with Gasteiger partial charge < -0.3 is 19.9 Å². The number of carbonyl (C=O) groups excluding carboxylic acids is 1. The van der Waals surface area contributed by atoms with Gasteiger partial charge in [0.05, 0.1) is 18.8 Å². The molecule has 1 amide bonds. The van der Waals surface area contributed by atoms with Gasteiger partial charge >= 0.3 is 0 Å². The van der Waals surface area contributed by atoms with Gasteiger partial charge in [0, 0.05) is 12.6 Å². The minimum Gasteiger partial charge on any atom is -0.504 e. The monoisotopic (exact) mass is 265 g/mol. The summed E-state index contributed by atoms with van der Waals surface area (Å²) in [5.74, 6) is -0.105. The summed E-state index contributed by atoms with van der Waals surface area (Å²) in [6, 6.07) is 4.96. The van der Waals surface area contributed by atoms with E-state index < -0.39 is 0 Å². The molecule has 1 heterocycles. The SMILES string of the molecule is COc1cccc(C(=O)NC2CCOC(C)C2)c1O. The van der Waals surface area contributed by atoms with Crippen LogP contribution in [0.4, 0.5) is 0 Å². The Balaban J connectivity index is 2.07. The van der Waals surface area contributed by atoms with Crippen LogP contribution in [0.2, 0.25) is 0 Å². The standard InChI is InChI=1S/C14H19NO4/c1-9-8-10(6-7-19-9)15-14(17)11-4-3-5-12(18-2)13(11)16/h3-5,9-10,16H,6-8H2,1-2H3,(H,15,17). The molecule has 2 rings (SSSR count). The van der Waals surface area contributed by atoms with Crippen molar-refractivity contribution in [1.82, 2.24) is 5.32 Å². The van der Waals surface area contributed by atoms with Crippen LogP contribution in [-0.2, 0) is 4.74 Å². The van der Waals surface area contributed by atoms with E-state index in [9.17, 15) is 9.90 Å². The quantitative estimate of drug-likeness (QED) is 0.873. The van der Waals surface area contributed by atoms with Crippen LogP contribution in [0.25, 0.3) is 0 Å². The Hall–Kier alpha value is -1.75. The van der Waals surface area contributed by atoms with Crippen LogP contribution >= 0.6 is 0 Å². The molecule has 1 fully saturated rings. The van der Waals surface area contributed by atoms with Gasteiger partial charge in [-0.05, 0) is 31.9 Å². The Morgan fingerprint density at radius 2 is 2.32 bits per heavy atom. The summed E-state index contributed by atoms with van der Waals surface area (Å²) < 4.78 is 10.4. The first-order valence-corrected chi connectivity index (χ1v) is 6.40. The summed E-state index contributed by atoms with van der Waals surface area (Å²) in [6.45, 7) is 2.64. The first-order valence-electron chi connectivity index (χ1n) is 6.40. The highest BCUT2D eigenvalue weighted by atomic mass is 16.5. The van der Waals surface area contributed by atoms with E-state index in [2.05, 4.69) is 5.32 Å². The van der Waals surface area contributed by atoms with Gasteiger partial charge in [0.25, 0.3) is 5.91 Å². The fourth-order valence-electron chi connectivity index (χ4n) is 2.26. The van der Waals surface area contributed by atoms with Gasteiger partial charge in [-0.2, -0.15) is 0 Å². The zero-order valence-electron chi connectivity index (χ0n) is 11.2. The van der Waals surface area contributed by atoms with E-state index in [0.29, 0.717) is 12.4 Å². The Morgan fingerprint density at radius 1 is 1.53 bits per heavy atom. The predicted molar refractivity (Wildman–Crippen MR) is 70.6 cm³/mol. The third-order valence-electron chi connectivity index (χ3n) is 3.28. The molecule has 0 aliphatic carbocycles. The maximum atomic E-state index is 12.1. The highest BCUT2D eigenvalue weighted by Crippen LogP contribution is 2.29. The molecule has 0 aromatic heterocycles. The molecule has 5 nitrogen and oxygen atoms in total. The highest BCUT2D eigenvalue weighted by Gasteiger charge is 2.23. The summed E-state index contributed by atoms with van der Waals surface area (Å²) in [5, 5.41) is 12.9. The normalized spacial score (nSPS) is 22.8. The first kappa shape index (κ1) is 13.7. The molecule has 1 saturated heterocycles. The van der Waals surface area contributed by atoms with Crippen molar-refractivity contribution in [2.75, 3.05) is 13.7 Å². The van der Waals surface area contributed by atoms with E-state index >= 15 is 0 Å². The van der Waals surface area contributed by atoms with Gasteiger partial charge in [0.1, 0.15) is 0 Å². The van der Waals surface area contributed by atoms with Crippen LogP contribution in [-0.4, -0.2) is 36.9 Å². The molecule has 5 heteroatoms. The largest absolute Gasteiger partial charge is 0.504 e. The number of hydrogen-bond acceptors (Lipinski definition) is 4. The molecule has 2 unspecified atom stereocenters. The van der Waals surface area contributed by atoms with Crippen LogP contribution in [0, 0.1) is 0 Å². The lowest BCUT2D eigenvalue weighted by Crippen LogP contribution is -2.41. The Kier molecular flexibility index (Phi) is 4.27. The number of amides is 1. The van der Waals surface area contributed by atoms with Gasteiger partial charge in [-0.15, -0.1) is 0 Å². The molecule has 19 heavy (non-hydrogen) atoms. The van der Waals surface area contributed by atoms with Gasteiger partial charge in [-0.25, -0.2) is 0 Å². The van der Waals surface area contributed by atoms with Crippen LogP contribution in [0.1, 0.15) is 30.1 Å². The van der Waals surface area contributed by atoms with Gasteiger partial charge in [-0.3, -0.25) is 4.79 Å². The van der Waals surface area contributed by atoms with Crippen LogP contribution in [0.3, 0.4) is 0 Å². The van der Waals surface area contributed by atoms with E-state index in [1.807, 2.05) is 6.92 Å². The molecule has 0 spiro atoms. The van der Waals surface area contributed by atoms with E-state index in [1.54, 1.807) is 18.2 Å². The summed E-state index contributed by atoms with van der Waals surface area (Å²) in [4.78, 5) is 12.1. The van der Waals surface area contributed by atoms with Crippen molar-refractivity contribution in [1.29, 1.82) is 0 Å². The topological polar surface area (TPSA) is 67.8 Å². The molecule has 1 aliphatic rings. The molecule has 2 atom stereocenters. The van der Waals surface area contributed by atoms with Crippen molar-refractivity contribution < 1.29 is 19.4 Å². The summed E-state index contributed by atoms with van der Waals surface area (Å²) >= 11 is 0. The number of methoxy groups -OCH3 is 1. The molecule has 1 aromatic carbocycles. The number of carbonyl (C=O) groups is 1. The Morgan fingerprint density at radius 3 is 3.00 bits per heavy atom. The fraction of sp³-hybridized carbons (Fsp3) is 0.500. The number of nitrogens with one attached hydrogen (secondary N) is 1. The smallest absolute Gasteiger partial charge is 0.255 e. The van der Waals surface area contributed by atoms with Crippen molar-refractivity contribution >= 4 is 5.91 Å². The average molecular weight is 265 g/mol. The molecule has 0 radical (unpaired) electrons. The lowest BCUT2D eigenvalue weighted by atomic mass is 10.0. The number of hydrogen-bond donors (Lipinski definition) is 2. The van der Waals surface area contributed by atoms with Crippen molar-refractivity contribution in [2.24, 2.45) is 0 Å². The Labute approximate surface area is 112 Å². The molecule has 1 aromatic rings. The van der Waals surface area contributed by atoms with Crippen LogP contribution < -0.4 is 10.1 Å². The number of phenolic OH excluding ortho intramolecular Hbond substituents is 1. The zero-order valence-corrected chi connectivity index (χ0v) is 11.2. The molecular weight excluding hydrogens is 246 g/mol. The zero-order chi connectivity index (χ0) is 13.8. The van der Waals surface area contributed by atoms with Crippen molar-refractivity contribution in [3.05, 3.63) is 23.8 Å². The fourth-order valence-corrected chi connectivity index (χ4v) is 2.26. The number of ether oxygens (including phenoxy) is 2. The third kappa shape index (κ3) is 3.17. The molecule has 1 aliphatic heterocycles. The molecule has 0 bridgehead atoms. The van der Waals surface area contributed by atoms with Gasteiger partial charge in [-0.1, -0.05) is 6.07 Å². The van der Waals surface area contributed by atoms with Crippen molar-refractivity contribution in [3.63, 3.8) is 0 Å². The minimum absolute atomic E-state index is 0.0850.